The lowest BCUT2D eigenvalue weighted by Gasteiger charge is -2.26. The average molecular weight is 413 g/mol. The monoisotopic (exact) mass is 412 g/mol. The summed E-state index contributed by atoms with van der Waals surface area (Å²) in [5, 5.41) is 5.75. The van der Waals surface area contributed by atoms with Gasteiger partial charge in [0.15, 0.2) is 5.76 Å². The summed E-state index contributed by atoms with van der Waals surface area (Å²) in [7, 11) is 0. The predicted molar refractivity (Wildman–Crippen MR) is 115 cm³/mol. The highest BCUT2D eigenvalue weighted by atomic mass is 35.5. The second-order valence-electron chi connectivity index (χ2n) is 7.65. The predicted octanol–water partition coefficient (Wildman–Crippen LogP) is 4.40. The summed E-state index contributed by atoms with van der Waals surface area (Å²) in [5.74, 6) is 1.88. The van der Waals surface area contributed by atoms with E-state index < -0.39 is 0 Å². The van der Waals surface area contributed by atoms with Gasteiger partial charge in [-0.05, 0) is 60.8 Å². The minimum Gasteiger partial charge on any atom is -0.486 e. The van der Waals surface area contributed by atoms with Crippen molar-refractivity contribution in [1.29, 1.82) is 0 Å². The van der Waals surface area contributed by atoms with Crippen molar-refractivity contribution in [2.45, 2.75) is 38.0 Å². The van der Waals surface area contributed by atoms with Crippen LogP contribution in [0.15, 0.2) is 59.0 Å². The molecule has 2 unspecified atom stereocenters. The largest absolute Gasteiger partial charge is 0.486 e. The van der Waals surface area contributed by atoms with Gasteiger partial charge in [0.05, 0.1) is 0 Å². The zero-order valence-electron chi connectivity index (χ0n) is 16.2. The molecule has 0 aliphatic carbocycles. The standard InChI is InChI=1S/C23H24N2O3.ClH/c26-23(25-18-6-7-19(25)14-24-12-11-18)22-10-9-21(28-22)15-27-20-8-5-16-3-1-2-4-17(16)13-20;/h1-5,8-10,13,18-19,24H,6-7,11-12,14-15H2;1H. The van der Waals surface area contributed by atoms with Crippen molar-refractivity contribution in [2.24, 2.45) is 0 Å². The Kier molecular flexibility index (Phi) is 5.79. The van der Waals surface area contributed by atoms with Crippen LogP contribution < -0.4 is 10.1 Å². The van der Waals surface area contributed by atoms with E-state index in [0.717, 1.165) is 43.5 Å². The van der Waals surface area contributed by atoms with E-state index in [1.54, 1.807) is 6.07 Å². The van der Waals surface area contributed by atoms with Crippen LogP contribution in [0.25, 0.3) is 10.8 Å². The highest BCUT2D eigenvalue weighted by Gasteiger charge is 2.39. The number of nitrogens with zero attached hydrogens (tertiary/aromatic N) is 1. The Labute approximate surface area is 176 Å². The van der Waals surface area contributed by atoms with Crippen LogP contribution in [0.3, 0.4) is 0 Å². The number of rotatable bonds is 4. The number of amides is 1. The molecule has 1 N–H and O–H groups in total. The van der Waals surface area contributed by atoms with Crippen LogP contribution >= 0.6 is 12.4 Å². The maximum Gasteiger partial charge on any atom is 0.290 e. The number of fused-ring (bicyclic) bond motifs is 3. The molecule has 2 bridgehead atoms. The Hall–Kier alpha value is -2.50. The highest BCUT2D eigenvalue weighted by molar-refractivity contribution is 5.92. The van der Waals surface area contributed by atoms with Gasteiger partial charge in [-0.25, -0.2) is 0 Å². The Morgan fingerprint density at radius 1 is 1.03 bits per heavy atom. The fourth-order valence-electron chi connectivity index (χ4n) is 4.42. The zero-order chi connectivity index (χ0) is 18.9. The van der Waals surface area contributed by atoms with Crippen molar-refractivity contribution in [2.75, 3.05) is 13.1 Å². The summed E-state index contributed by atoms with van der Waals surface area (Å²) in [6.45, 7) is 2.16. The number of hydrogen-bond acceptors (Lipinski definition) is 4. The molecule has 152 valence electrons. The summed E-state index contributed by atoms with van der Waals surface area (Å²) < 4.78 is 11.7. The number of carbonyl (C=O) groups is 1. The third-order valence-electron chi connectivity index (χ3n) is 5.86. The summed E-state index contributed by atoms with van der Waals surface area (Å²) in [6, 6.07) is 18.4. The number of hydrogen-bond donors (Lipinski definition) is 1. The molecule has 5 rings (SSSR count). The van der Waals surface area contributed by atoms with Crippen LogP contribution in [0, 0.1) is 0 Å². The number of ether oxygens (including phenoxy) is 1. The van der Waals surface area contributed by atoms with E-state index in [1.165, 1.54) is 5.39 Å². The number of benzene rings is 2. The van der Waals surface area contributed by atoms with E-state index in [0.29, 0.717) is 24.2 Å². The van der Waals surface area contributed by atoms with Crippen molar-refractivity contribution in [3.05, 3.63) is 66.1 Å². The van der Waals surface area contributed by atoms with Gasteiger partial charge in [0.1, 0.15) is 18.1 Å². The Balaban J connectivity index is 0.00000205. The first-order chi connectivity index (χ1) is 13.8. The molecule has 6 heteroatoms. The van der Waals surface area contributed by atoms with E-state index in [-0.39, 0.29) is 24.4 Å². The second kappa shape index (κ2) is 8.47. The van der Waals surface area contributed by atoms with E-state index >= 15 is 0 Å². The van der Waals surface area contributed by atoms with Crippen LogP contribution in [0.1, 0.15) is 35.6 Å². The van der Waals surface area contributed by atoms with Crippen molar-refractivity contribution in [3.63, 3.8) is 0 Å². The first kappa shape index (κ1) is 19.8. The third-order valence-corrected chi connectivity index (χ3v) is 5.86. The Bertz CT molecular complexity index is 988. The molecular weight excluding hydrogens is 388 g/mol. The molecular formula is C23H25ClN2O3. The quantitative estimate of drug-likeness (QED) is 0.690. The lowest BCUT2D eigenvalue weighted by atomic mass is 10.1. The Morgan fingerprint density at radius 2 is 1.86 bits per heavy atom. The minimum absolute atomic E-state index is 0. The summed E-state index contributed by atoms with van der Waals surface area (Å²) in [5.41, 5.74) is 0. The molecule has 2 aliphatic heterocycles. The maximum absolute atomic E-state index is 13.0. The average Bonchev–Trinajstić information content (AvgIpc) is 3.29. The molecule has 2 aromatic carbocycles. The smallest absolute Gasteiger partial charge is 0.290 e. The van der Waals surface area contributed by atoms with Gasteiger partial charge < -0.3 is 19.4 Å². The van der Waals surface area contributed by atoms with E-state index in [9.17, 15) is 4.79 Å². The third kappa shape index (κ3) is 3.98. The van der Waals surface area contributed by atoms with Crippen LogP contribution in [0.2, 0.25) is 0 Å². The molecule has 2 aliphatic rings. The fourth-order valence-corrected chi connectivity index (χ4v) is 4.42. The van der Waals surface area contributed by atoms with E-state index in [2.05, 4.69) is 17.4 Å². The van der Waals surface area contributed by atoms with Crippen molar-refractivity contribution >= 4 is 29.1 Å². The van der Waals surface area contributed by atoms with Gasteiger partial charge in [0.25, 0.3) is 5.91 Å². The molecule has 2 atom stereocenters. The number of furan rings is 1. The highest BCUT2D eigenvalue weighted by Crippen LogP contribution is 2.30. The topological polar surface area (TPSA) is 54.7 Å². The number of nitrogens with one attached hydrogen (secondary N) is 1. The van der Waals surface area contributed by atoms with Gasteiger partial charge in [0, 0.05) is 18.6 Å². The molecule has 2 saturated heterocycles. The summed E-state index contributed by atoms with van der Waals surface area (Å²) in [6.07, 6.45) is 3.18. The molecule has 0 saturated carbocycles. The Morgan fingerprint density at radius 3 is 2.76 bits per heavy atom. The lowest BCUT2D eigenvalue weighted by molar-refractivity contribution is 0.0643. The zero-order valence-corrected chi connectivity index (χ0v) is 17.0. The van der Waals surface area contributed by atoms with Crippen LogP contribution in [0.4, 0.5) is 0 Å². The fraction of sp³-hybridized carbons (Fsp3) is 0.348. The first-order valence-electron chi connectivity index (χ1n) is 10.0. The van der Waals surface area contributed by atoms with Gasteiger partial charge >= 0.3 is 0 Å². The van der Waals surface area contributed by atoms with Crippen molar-refractivity contribution in [3.8, 4) is 5.75 Å². The molecule has 3 aromatic rings. The van der Waals surface area contributed by atoms with Gasteiger partial charge in [-0.3, -0.25) is 4.79 Å². The van der Waals surface area contributed by atoms with Gasteiger partial charge in [-0.1, -0.05) is 30.3 Å². The first-order valence-corrected chi connectivity index (χ1v) is 10.0. The molecule has 1 amide bonds. The molecule has 0 radical (unpaired) electrons. The molecule has 1 aromatic heterocycles. The van der Waals surface area contributed by atoms with Crippen molar-refractivity contribution in [1.82, 2.24) is 10.2 Å². The summed E-state index contributed by atoms with van der Waals surface area (Å²) >= 11 is 0. The summed E-state index contributed by atoms with van der Waals surface area (Å²) in [4.78, 5) is 15.0. The number of halogens is 1. The molecule has 3 heterocycles. The van der Waals surface area contributed by atoms with Crippen LogP contribution in [-0.4, -0.2) is 36.0 Å². The minimum atomic E-state index is 0. The van der Waals surface area contributed by atoms with Gasteiger partial charge in [-0.15, -0.1) is 12.4 Å². The molecule has 5 nitrogen and oxygen atoms in total. The molecule has 29 heavy (non-hydrogen) atoms. The SMILES string of the molecule is Cl.O=C(c1ccc(COc2ccc3ccccc3c2)o1)N1C2CCNCC1CC2. The van der Waals surface area contributed by atoms with E-state index in [4.69, 9.17) is 9.15 Å². The van der Waals surface area contributed by atoms with Crippen LogP contribution in [-0.2, 0) is 6.61 Å². The molecule has 2 fully saturated rings. The second-order valence-corrected chi connectivity index (χ2v) is 7.65. The maximum atomic E-state index is 13.0. The normalized spacial score (nSPS) is 20.9. The number of carbonyl (C=O) groups excluding carboxylic acids is 1. The van der Waals surface area contributed by atoms with Gasteiger partial charge in [0.2, 0.25) is 0 Å². The lowest BCUT2D eigenvalue weighted by Crippen LogP contribution is -2.42. The van der Waals surface area contributed by atoms with Gasteiger partial charge in [-0.2, -0.15) is 0 Å². The van der Waals surface area contributed by atoms with Crippen molar-refractivity contribution < 1.29 is 13.9 Å². The van der Waals surface area contributed by atoms with Crippen LogP contribution in [0.5, 0.6) is 5.75 Å². The molecule has 0 spiro atoms. The van der Waals surface area contributed by atoms with E-state index in [1.807, 2.05) is 41.3 Å².